The fourth-order valence-corrected chi connectivity index (χ4v) is 3.40. The molecule has 5 nitrogen and oxygen atoms in total. The predicted octanol–water partition coefficient (Wildman–Crippen LogP) is 0.313. The maximum Gasteiger partial charge on any atom is 0.233 e. The second-order valence-electron chi connectivity index (χ2n) is 5.79. The van der Waals surface area contributed by atoms with Gasteiger partial charge in [-0.2, -0.15) is 0 Å². The van der Waals surface area contributed by atoms with Crippen LogP contribution in [0.5, 0.6) is 0 Å². The molecule has 5 heteroatoms. The van der Waals surface area contributed by atoms with E-state index in [2.05, 4.69) is 0 Å². The van der Waals surface area contributed by atoms with Crippen molar-refractivity contribution in [3.63, 3.8) is 0 Å². The molecule has 0 spiro atoms. The topological polar surface area (TPSA) is 66.8 Å². The molecular weight excluding hydrogens is 234 g/mol. The molecular formula is C13H19NO4. The van der Waals surface area contributed by atoms with Gasteiger partial charge in [-0.1, -0.05) is 12.8 Å². The highest BCUT2D eigenvalue weighted by atomic mass is 16.5. The average molecular weight is 253 g/mol. The third-order valence-electron chi connectivity index (χ3n) is 4.47. The summed E-state index contributed by atoms with van der Waals surface area (Å²) in [5.74, 6) is -0.413. The van der Waals surface area contributed by atoms with Gasteiger partial charge in [-0.15, -0.1) is 0 Å². The lowest BCUT2D eigenvalue weighted by Crippen LogP contribution is -2.46. The molecule has 1 saturated carbocycles. The quantitative estimate of drug-likeness (QED) is 0.719. The molecule has 0 aromatic carbocycles. The number of rotatable bonds is 2. The van der Waals surface area contributed by atoms with Gasteiger partial charge in [0.25, 0.3) is 0 Å². The number of carbonyl (C=O) groups excluding carboxylic acids is 2. The second kappa shape index (κ2) is 4.31. The molecule has 2 aliphatic heterocycles. The number of hydrogen-bond acceptors (Lipinski definition) is 4. The smallest absolute Gasteiger partial charge is 0.233 e. The highest BCUT2D eigenvalue weighted by Crippen LogP contribution is 2.38. The van der Waals surface area contributed by atoms with Gasteiger partial charge < -0.3 is 9.84 Å². The molecule has 3 unspecified atom stereocenters. The minimum Gasteiger partial charge on any atom is -0.386 e. The van der Waals surface area contributed by atoms with Crippen molar-refractivity contribution in [3.8, 4) is 0 Å². The Kier molecular flexibility index (Phi) is 2.90. The molecule has 2 amide bonds. The van der Waals surface area contributed by atoms with Crippen LogP contribution in [0.3, 0.4) is 0 Å². The third kappa shape index (κ3) is 1.86. The van der Waals surface area contributed by atoms with Crippen molar-refractivity contribution in [3.05, 3.63) is 0 Å². The van der Waals surface area contributed by atoms with Crippen LogP contribution >= 0.6 is 0 Å². The first-order chi connectivity index (χ1) is 8.61. The van der Waals surface area contributed by atoms with E-state index in [1.54, 1.807) is 0 Å². The highest BCUT2D eigenvalue weighted by molar-refractivity contribution is 6.05. The molecule has 0 aromatic heterocycles. The summed E-state index contributed by atoms with van der Waals surface area (Å²) in [5, 5.41) is 10.2. The van der Waals surface area contributed by atoms with Crippen molar-refractivity contribution >= 4 is 11.8 Å². The number of nitrogens with zero attached hydrogens (tertiary/aromatic N) is 1. The zero-order valence-corrected chi connectivity index (χ0v) is 10.4. The Labute approximate surface area is 106 Å². The number of aliphatic hydroxyl groups is 1. The van der Waals surface area contributed by atoms with E-state index in [0.717, 1.165) is 25.7 Å². The minimum absolute atomic E-state index is 0.0787. The zero-order chi connectivity index (χ0) is 12.8. The van der Waals surface area contributed by atoms with E-state index < -0.39 is 5.60 Å². The zero-order valence-electron chi connectivity index (χ0n) is 10.4. The fourth-order valence-electron chi connectivity index (χ4n) is 3.40. The van der Waals surface area contributed by atoms with Gasteiger partial charge in [0.1, 0.15) is 5.60 Å². The van der Waals surface area contributed by atoms with E-state index in [1.165, 1.54) is 4.90 Å². The summed E-state index contributed by atoms with van der Waals surface area (Å²) in [5.41, 5.74) is -1.03. The van der Waals surface area contributed by atoms with E-state index >= 15 is 0 Å². The summed E-state index contributed by atoms with van der Waals surface area (Å²) in [6.45, 7) is 0.830. The normalized spacial score (nSPS) is 40.4. The Morgan fingerprint density at radius 1 is 1.22 bits per heavy atom. The lowest BCUT2D eigenvalue weighted by molar-refractivity contribution is -0.144. The Morgan fingerprint density at radius 2 is 1.83 bits per heavy atom. The first-order valence-electron chi connectivity index (χ1n) is 6.76. The van der Waals surface area contributed by atoms with Crippen molar-refractivity contribution in [1.82, 2.24) is 4.90 Å². The number of fused-ring (bicyclic) bond motifs is 1. The SMILES string of the molecule is O=C1C2CCCCC2C(=O)N1CC1(O)CCOC1. The van der Waals surface area contributed by atoms with Gasteiger partial charge in [0.2, 0.25) is 11.8 Å². The van der Waals surface area contributed by atoms with E-state index in [-0.39, 0.29) is 36.8 Å². The van der Waals surface area contributed by atoms with Crippen LogP contribution in [0, 0.1) is 11.8 Å². The molecule has 18 heavy (non-hydrogen) atoms. The van der Waals surface area contributed by atoms with Gasteiger partial charge in [-0.25, -0.2) is 0 Å². The highest BCUT2D eigenvalue weighted by Gasteiger charge is 2.50. The van der Waals surface area contributed by atoms with Crippen LogP contribution in [0.15, 0.2) is 0 Å². The van der Waals surface area contributed by atoms with Crippen LogP contribution in [0.4, 0.5) is 0 Å². The summed E-state index contributed by atoms with van der Waals surface area (Å²) < 4.78 is 5.16. The van der Waals surface area contributed by atoms with Crippen molar-refractivity contribution in [2.24, 2.45) is 11.8 Å². The summed E-state index contributed by atoms with van der Waals surface area (Å²) in [6, 6.07) is 0. The Morgan fingerprint density at radius 3 is 2.33 bits per heavy atom. The lowest BCUT2D eigenvalue weighted by Gasteiger charge is -2.26. The first-order valence-corrected chi connectivity index (χ1v) is 6.76. The Balaban J connectivity index is 1.76. The number of imide groups is 1. The van der Waals surface area contributed by atoms with Crippen molar-refractivity contribution in [1.29, 1.82) is 0 Å². The van der Waals surface area contributed by atoms with Crippen LogP contribution < -0.4 is 0 Å². The lowest BCUT2D eigenvalue weighted by atomic mass is 9.81. The largest absolute Gasteiger partial charge is 0.386 e. The van der Waals surface area contributed by atoms with Gasteiger partial charge in [0.05, 0.1) is 25.0 Å². The van der Waals surface area contributed by atoms with E-state index in [4.69, 9.17) is 4.74 Å². The van der Waals surface area contributed by atoms with Gasteiger partial charge in [-0.05, 0) is 12.8 Å². The number of amides is 2. The van der Waals surface area contributed by atoms with Crippen molar-refractivity contribution in [2.75, 3.05) is 19.8 Å². The minimum atomic E-state index is -1.03. The molecule has 1 N–H and O–H groups in total. The molecule has 3 aliphatic rings. The van der Waals surface area contributed by atoms with Crippen LogP contribution in [0.1, 0.15) is 32.1 Å². The van der Waals surface area contributed by atoms with E-state index in [9.17, 15) is 14.7 Å². The van der Waals surface area contributed by atoms with Gasteiger partial charge in [0.15, 0.2) is 0 Å². The molecule has 2 heterocycles. The molecule has 1 aliphatic carbocycles. The standard InChI is InChI=1S/C13H19NO4/c15-11-9-3-1-2-4-10(9)12(16)14(11)7-13(17)5-6-18-8-13/h9-10,17H,1-8H2. The second-order valence-corrected chi connectivity index (χ2v) is 5.79. The molecule has 0 aromatic rings. The molecule has 3 rings (SSSR count). The number of hydrogen-bond donors (Lipinski definition) is 1. The van der Waals surface area contributed by atoms with Gasteiger partial charge >= 0.3 is 0 Å². The monoisotopic (exact) mass is 253 g/mol. The maximum atomic E-state index is 12.2. The van der Waals surface area contributed by atoms with Gasteiger partial charge in [0, 0.05) is 13.0 Å². The Bertz CT molecular complexity index is 351. The summed E-state index contributed by atoms with van der Waals surface area (Å²) in [4.78, 5) is 25.8. The predicted molar refractivity (Wildman–Crippen MR) is 62.6 cm³/mol. The maximum absolute atomic E-state index is 12.2. The van der Waals surface area contributed by atoms with Crippen molar-refractivity contribution in [2.45, 2.75) is 37.7 Å². The summed E-state index contributed by atoms with van der Waals surface area (Å²) in [7, 11) is 0. The fraction of sp³-hybridized carbons (Fsp3) is 0.846. The number of likely N-dealkylation sites (tertiary alicyclic amines) is 1. The van der Waals surface area contributed by atoms with Crippen LogP contribution in [-0.2, 0) is 14.3 Å². The van der Waals surface area contributed by atoms with Crippen LogP contribution in [0.2, 0.25) is 0 Å². The summed E-state index contributed by atoms with van der Waals surface area (Å²) in [6.07, 6.45) is 4.20. The van der Waals surface area contributed by atoms with E-state index in [0.29, 0.717) is 13.0 Å². The molecule has 100 valence electrons. The number of ether oxygens (including phenoxy) is 1. The molecule has 0 radical (unpaired) electrons. The molecule has 3 fully saturated rings. The number of carbonyl (C=O) groups is 2. The van der Waals surface area contributed by atoms with Crippen molar-refractivity contribution < 1.29 is 19.4 Å². The van der Waals surface area contributed by atoms with Gasteiger partial charge in [-0.3, -0.25) is 14.5 Å². The van der Waals surface area contributed by atoms with Crippen LogP contribution in [0.25, 0.3) is 0 Å². The average Bonchev–Trinajstić information content (AvgIpc) is 2.89. The molecule has 0 bridgehead atoms. The first kappa shape index (κ1) is 12.1. The molecule has 2 saturated heterocycles. The number of β-amino-alcohol motifs (C(OH)–C–C–N with tert-alkyl or cyclic N) is 1. The third-order valence-corrected chi connectivity index (χ3v) is 4.47. The van der Waals surface area contributed by atoms with E-state index in [1.807, 2.05) is 0 Å². The molecule has 3 atom stereocenters. The summed E-state index contributed by atoms with van der Waals surface area (Å²) >= 11 is 0. The Hall–Kier alpha value is -0.940. The van der Waals surface area contributed by atoms with Crippen LogP contribution in [-0.4, -0.2) is 47.2 Å².